The van der Waals surface area contributed by atoms with Gasteiger partial charge in [-0.25, -0.2) is 0 Å². The molecule has 7 heteroatoms. The number of anilines is 2. The molecule has 78 valence electrons. The number of nitrogen functional groups attached to an aromatic ring is 1. The van der Waals surface area contributed by atoms with Gasteiger partial charge >= 0.3 is 0 Å². The third kappa shape index (κ3) is 2.86. The van der Waals surface area contributed by atoms with Crippen LogP contribution >= 0.6 is 0 Å². The SMILES string of the molecule is CCNS(=O)(=O)Nc1ccncc1N. The van der Waals surface area contributed by atoms with E-state index in [1.165, 1.54) is 18.5 Å². The maximum Gasteiger partial charge on any atom is 0.299 e. The molecule has 0 amide bonds. The minimum Gasteiger partial charge on any atom is -0.396 e. The van der Waals surface area contributed by atoms with Crippen LogP contribution in [-0.2, 0) is 10.2 Å². The van der Waals surface area contributed by atoms with Crippen LogP contribution in [0.1, 0.15) is 6.92 Å². The molecule has 14 heavy (non-hydrogen) atoms. The third-order valence-corrected chi connectivity index (χ3v) is 2.59. The van der Waals surface area contributed by atoms with Crippen molar-refractivity contribution >= 4 is 21.6 Å². The van der Waals surface area contributed by atoms with Crippen LogP contribution in [0.5, 0.6) is 0 Å². The number of nitrogens with two attached hydrogens (primary N) is 1. The second-order valence-corrected chi connectivity index (χ2v) is 4.07. The van der Waals surface area contributed by atoms with Crippen molar-refractivity contribution in [1.82, 2.24) is 9.71 Å². The fourth-order valence-corrected chi connectivity index (χ4v) is 1.80. The highest BCUT2D eigenvalue weighted by Gasteiger charge is 2.09. The van der Waals surface area contributed by atoms with Crippen molar-refractivity contribution in [2.75, 3.05) is 17.0 Å². The molecule has 0 radical (unpaired) electrons. The smallest absolute Gasteiger partial charge is 0.299 e. The van der Waals surface area contributed by atoms with Crippen LogP contribution in [0, 0.1) is 0 Å². The number of hydrogen-bond donors (Lipinski definition) is 3. The zero-order chi connectivity index (χ0) is 10.6. The summed E-state index contributed by atoms with van der Waals surface area (Å²) in [6.07, 6.45) is 2.84. The van der Waals surface area contributed by atoms with E-state index in [0.29, 0.717) is 12.2 Å². The Labute approximate surface area is 82.7 Å². The Balaban J connectivity index is 2.84. The molecule has 0 atom stereocenters. The monoisotopic (exact) mass is 216 g/mol. The van der Waals surface area contributed by atoms with Gasteiger partial charge in [-0.05, 0) is 6.07 Å². The molecule has 0 fully saturated rings. The molecular formula is C7H12N4O2S. The third-order valence-electron chi connectivity index (χ3n) is 1.43. The molecule has 0 aliphatic carbocycles. The normalized spacial score (nSPS) is 11.2. The molecule has 0 saturated heterocycles. The second kappa shape index (κ2) is 4.25. The molecule has 0 aromatic carbocycles. The van der Waals surface area contributed by atoms with Crippen molar-refractivity contribution in [2.24, 2.45) is 0 Å². The summed E-state index contributed by atoms with van der Waals surface area (Å²) in [5.74, 6) is 0. The summed E-state index contributed by atoms with van der Waals surface area (Å²) in [4.78, 5) is 3.74. The Bertz CT molecular complexity index is 404. The molecule has 6 nitrogen and oxygen atoms in total. The molecule has 0 spiro atoms. The highest BCUT2D eigenvalue weighted by Crippen LogP contribution is 2.15. The number of hydrogen-bond acceptors (Lipinski definition) is 4. The summed E-state index contributed by atoms with van der Waals surface area (Å²) < 4.78 is 27.1. The Kier molecular flexibility index (Phi) is 3.26. The van der Waals surface area contributed by atoms with E-state index in [1.54, 1.807) is 6.92 Å². The fraction of sp³-hybridized carbons (Fsp3) is 0.286. The second-order valence-electron chi connectivity index (χ2n) is 2.57. The van der Waals surface area contributed by atoms with Crippen LogP contribution in [0.15, 0.2) is 18.5 Å². The topological polar surface area (TPSA) is 97.1 Å². The Hall–Kier alpha value is -1.34. The quantitative estimate of drug-likeness (QED) is 0.656. The average molecular weight is 216 g/mol. The van der Waals surface area contributed by atoms with Crippen molar-refractivity contribution in [1.29, 1.82) is 0 Å². The molecule has 1 aromatic heterocycles. The molecule has 4 N–H and O–H groups in total. The molecule has 0 aliphatic heterocycles. The predicted octanol–water partition coefficient (Wildman–Crippen LogP) is -0.0700. The van der Waals surface area contributed by atoms with Gasteiger partial charge in [0, 0.05) is 12.7 Å². The molecule has 1 aromatic rings. The number of rotatable bonds is 4. The lowest BCUT2D eigenvalue weighted by atomic mass is 10.4. The highest BCUT2D eigenvalue weighted by atomic mass is 32.2. The number of pyridine rings is 1. The standard InChI is InChI=1S/C7H12N4O2S/c1-2-10-14(12,13)11-7-3-4-9-5-6(7)8/h3-5,10H,2,8H2,1H3,(H,9,11). The van der Waals surface area contributed by atoms with Crippen LogP contribution < -0.4 is 15.2 Å². The van der Waals surface area contributed by atoms with Crippen LogP contribution in [0.4, 0.5) is 11.4 Å². The molecular weight excluding hydrogens is 204 g/mol. The van der Waals surface area contributed by atoms with E-state index in [4.69, 9.17) is 5.73 Å². The van der Waals surface area contributed by atoms with Crippen molar-refractivity contribution < 1.29 is 8.42 Å². The highest BCUT2D eigenvalue weighted by molar-refractivity contribution is 7.90. The molecule has 1 rings (SSSR count). The van der Waals surface area contributed by atoms with E-state index < -0.39 is 10.2 Å². The summed E-state index contributed by atoms with van der Waals surface area (Å²) in [5.41, 5.74) is 6.11. The zero-order valence-electron chi connectivity index (χ0n) is 7.69. The summed E-state index contributed by atoms with van der Waals surface area (Å²) in [6.45, 7) is 2.01. The lowest BCUT2D eigenvalue weighted by Crippen LogP contribution is -2.30. The minimum atomic E-state index is -3.51. The summed E-state index contributed by atoms with van der Waals surface area (Å²) in [6, 6.07) is 1.49. The van der Waals surface area contributed by atoms with Gasteiger partial charge in [0.1, 0.15) is 0 Å². The van der Waals surface area contributed by atoms with Crippen molar-refractivity contribution in [3.63, 3.8) is 0 Å². The summed E-state index contributed by atoms with van der Waals surface area (Å²) >= 11 is 0. The maximum absolute atomic E-state index is 11.3. The van der Waals surface area contributed by atoms with Crippen LogP contribution in [-0.4, -0.2) is 19.9 Å². The van der Waals surface area contributed by atoms with Gasteiger partial charge in [-0.3, -0.25) is 9.71 Å². The molecule has 0 saturated carbocycles. The van der Waals surface area contributed by atoms with Gasteiger partial charge in [0.2, 0.25) is 0 Å². The first-order valence-electron chi connectivity index (χ1n) is 4.02. The van der Waals surface area contributed by atoms with E-state index in [0.717, 1.165) is 0 Å². The first-order chi connectivity index (χ1) is 6.55. The van der Waals surface area contributed by atoms with Gasteiger partial charge in [0.25, 0.3) is 10.2 Å². The van der Waals surface area contributed by atoms with Gasteiger partial charge in [-0.2, -0.15) is 13.1 Å². The van der Waals surface area contributed by atoms with Gasteiger partial charge in [-0.15, -0.1) is 0 Å². The van der Waals surface area contributed by atoms with Gasteiger partial charge < -0.3 is 5.73 Å². The van der Waals surface area contributed by atoms with Crippen LogP contribution in [0.25, 0.3) is 0 Å². The van der Waals surface area contributed by atoms with Gasteiger partial charge in [0.05, 0.1) is 17.6 Å². The summed E-state index contributed by atoms with van der Waals surface area (Å²) in [5, 5.41) is 0. The van der Waals surface area contributed by atoms with Crippen molar-refractivity contribution in [3.05, 3.63) is 18.5 Å². The fourth-order valence-electron chi connectivity index (χ4n) is 0.870. The Morgan fingerprint density at radius 1 is 1.57 bits per heavy atom. The molecule has 1 heterocycles. The lowest BCUT2D eigenvalue weighted by molar-refractivity contribution is 0.589. The van der Waals surface area contributed by atoms with Crippen molar-refractivity contribution in [2.45, 2.75) is 6.92 Å². The van der Waals surface area contributed by atoms with E-state index >= 15 is 0 Å². The largest absolute Gasteiger partial charge is 0.396 e. The zero-order valence-corrected chi connectivity index (χ0v) is 8.50. The maximum atomic E-state index is 11.3. The average Bonchev–Trinajstić information content (AvgIpc) is 2.08. The number of nitrogens with one attached hydrogen (secondary N) is 2. The van der Waals surface area contributed by atoms with Gasteiger partial charge in [0.15, 0.2) is 0 Å². The van der Waals surface area contributed by atoms with Gasteiger partial charge in [-0.1, -0.05) is 6.92 Å². The van der Waals surface area contributed by atoms with E-state index in [-0.39, 0.29) is 5.69 Å². The first kappa shape index (κ1) is 10.7. The van der Waals surface area contributed by atoms with E-state index in [2.05, 4.69) is 14.4 Å². The molecule has 0 bridgehead atoms. The summed E-state index contributed by atoms with van der Waals surface area (Å²) in [7, 11) is -3.51. The minimum absolute atomic E-state index is 0.286. The molecule has 0 unspecified atom stereocenters. The van der Waals surface area contributed by atoms with E-state index in [1.807, 2.05) is 0 Å². The van der Waals surface area contributed by atoms with Crippen molar-refractivity contribution in [3.8, 4) is 0 Å². The number of aromatic nitrogens is 1. The lowest BCUT2D eigenvalue weighted by Gasteiger charge is -2.08. The Morgan fingerprint density at radius 2 is 2.29 bits per heavy atom. The van der Waals surface area contributed by atoms with Crippen LogP contribution in [0.2, 0.25) is 0 Å². The predicted molar refractivity (Wildman–Crippen MR) is 54.9 cm³/mol. The first-order valence-corrected chi connectivity index (χ1v) is 5.50. The van der Waals surface area contributed by atoms with E-state index in [9.17, 15) is 8.42 Å². The Morgan fingerprint density at radius 3 is 2.86 bits per heavy atom. The molecule has 0 aliphatic rings. The van der Waals surface area contributed by atoms with Crippen LogP contribution in [0.3, 0.4) is 0 Å². The number of nitrogens with zero attached hydrogens (tertiary/aromatic N) is 1.